The molecule has 12 heteroatoms. The number of aliphatic hydroxyl groups is 1. The number of hydrogen-bond donors (Lipinski definition) is 1. The van der Waals surface area contributed by atoms with Gasteiger partial charge in [0.05, 0.1) is 11.0 Å². The van der Waals surface area contributed by atoms with E-state index in [4.69, 9.17) is 0 Å². The van der Waals surface area contributed by atoms with Crippen LogP contribution in [0.2, 0.25) is 0 Å². The molecule has 0 aromatic heterocycles. The number of ether oxygens (including phenoxy) is 3. The van der Waals surface area contributed by atoms with Crippen LogP contribution in [0.4, 0.5) is 31.1 Å². The zero-order chi connectivity index (χ0) is 23.3. The van der Waals surface area contributed by atoms with Crippen molar-refractivity contribution in [3.05, 3.63) is 0 Å². The van der Waals surface area contributed by atoms with Gasteiger partial charge >= 0.3 is 24.0 Å². The monoisotopic (exact) mass is 462 g/mol. The Labute approximate surface area is 174 Å². The van der Waals surface area contributed by atoms with E-state index in [0.717, 1.165) is 6.42 Å². The predicted octanol–water partition coefficient (Wildman–Crippen LogP) is 3.94. The standard InChI is InChI=1S/C19H24F6O6/c1-15(20,21)8-30-14(27)31-10-19(24,25)18(22,23)9-29-13(26)16-3-11-2-12(4-16)6-17(28,5-11)7-16/h11-12,28H,2-10H2,1H3. The zero-order valence-corrected chi connectivity index (χ0v) is 16.8. The van der Waals surface area contributed by atoms with Crippen LogP contribution in [-0.4, -0.2) is 60.4 Å². The van der Waals surface area contributed by atoms with Crippen LogP contribution in [0.25, 0.3) is 0 Å². The van der Waals surface area contributed by atoms with Crippen molar-refractivity contribution in [3.8, 4) is 0 Å². The summed E-state index contributed by atoms with van der Waals surface area (Å²) in [5, 5.41) is 10.6. The molecular formula is C19H24F6O6. The lowest BCUT2D eigenvalue weighted by atomic mass is 9.48. The van der Waals surface area contributed by atoms with Gasteiger partial charge in [0, 0.05) is 6.92 Å². The van der Waals surface area contributed by atoms with Crippen LogP contribution in [0.3, 0.4) is 0 Å². The molecule has 31 heavy (non-hydrogen) atoms. The van der Waals surface area contributed by atoms with Crippen LogP contribution in [0, 0.1) is 17.3 Å². The van der Waals surface area contributed by atoms with Gasteiger partial charge in [-0.25, -0.2) is 13.6 Å². The first-order valence-corrected chi connectivity index (χ1v) is 9.88. The Morgan fingerprint density at radius 2 is 1.35 bits per heavy atom. The first-order chi connectivity index (χ1) is 14.0. The zero-order valence-electron chi connectivity index (χ0n) is 16.8. The van der Waals surface area contributed by atoms with Crippen molar-refractivity contribution in [2.75, 3.05) is 19.8 Å². The van der Waals surface area contributed by atoms with Crippen molar-refractivity contribution < 1.29 is 55.2 Å². The molecule has 0 saturated heterocycles. The third-order valence-corrected chi connectivity index (χ3v) is 6.20. The highest BCUT2D eigenvalue weighted by atomic mass is 19.3. The smallest absolute Gasteiger partial charge is 0.459 e. The largest absolute Gasteiger partial charge is 0.508 e. The normalized spacial score (nSPS) is 32.6. The Balaban J connectivity index is 1.54. The molecule has 4 bridgehead atoms. The van der Waals surface area contributed by atoms with E-state index in [1.807, 2.05) is 0 Å². The molecule has 2 atom stereocenters. The van der Waals surface area contributed by atoms with Crippen molar-refractivity contribution in [1.82, 2.24) is 0 Å². The lowest BCUT2D eigenvalue weighted by Crippen LogP contribution is -2.59. The average molecular weight is 462 g/mol. The molecule has 0 aliphatic heterocycles. The minimum Gasteiger partial charge on any atom is -0.459 e. The van der Waals surface area contributed by atoms with Gasteiger partial charge in [0.1, 0.15) is 0 Å². The van der Waals surface area contributed by atoms with E-state index in [0.29, 0.717) is 32.6 Å². The third kappa shape index (κ3) is 5.20. The first-order valence-electron chi connectivity index (χ1n) is 9.88. The van der Waals surface area contributed by atoms with E-state index in [-0.39, 0.29) is 18.3 Å². The van der Waals surface area contributed by atoms with Gasteiger partial charge in [-0.2, -0.15) is 17.6 Å². The van der Waals surface area contributed by atoms with E-state index in [9.17, 15) is 41.0 Å². The molecule has 0 radical (unpaired) electrons. The van der Waals surface area contributed by atoms with Crippen LogP contribution in [0.1, 0.15) is 45.4 Å². The van der Waals surface area contributed by atoms with Crippen molar-refractivity contribution >= 4 is 12.1 Å². The van der Waals surface area contributed by atoms with Gasteiger partial charge in [0.15, 0.2) is 19.8 Å². The van der Waals surface area contributed by atoms with E-state index >= 15 is 0 Å². The summed E-state index contributed by atoms with van der Waals surface area (Å²) >= 11 is 0. The molecule has 0 spiro atoms. The molecule has 4 saturated carbocycles. The van der Waals surface area contributed by atoms with E-state index in [1.165, 1.54) is 0 Å². The summed E-state index contributed by atoms with van der Waals surface area (Å²) in [4.78, 5) is 23.6. The van der Waals surface area contributed by atoms with Gasteiger partial charge in [-0.3, -0.25) is 4.79 Å². The molecule has 4 aliphatic rings. The van der Waals surface area contributed by atoms with Crippen molar-refractivity contribution in [2.45, 2.75) is 68.8 Å². The fourth-order valence-electron chi connectivity index (χ4n) is 5.35. The molecule has 2 unspecified atom stereocenters. The minimum absolute atomic E-state index is 0.0464. The molecule has 4 rings (SSSR count). The molecule has 0 amide bonds. The van der Waals surface area contributed by atoms with Gasteiger partial charge in [-0.1, -0.05) is 0 Å². The lowest BCUT2D eigenvalue weighted by molar-refractivity contribution is -0.251. The number of rotatable bonds is 8. The predicted molar refractivity (Wildman–Crippen MR) is 90.8 cm³/mol. The average Bonchev–Trinajstić information content (AvgIpc) is 2.60. The Morgan fingerprint density at radius 1 is 0.871 bits per heavy atom. The van der Waals surface area contributed by atoms with Gasteiger partial charge in [0.25, 0.3) is 5.92 Å². The minimum atomic E-state index is -4.94. The topological polar surface area (TPSA) is 82.1 Å². The fourth-order valence-corrected chi connectivity index (χ4v) is 5.35. The maximum absolute atomic E-state index is 14.0. The number of esters is 1. The number of alkyl halides is 6. The van der Waals surface area contributed by atoms with Gasteiger partial charge in [-0.05, 0) is 50.4 Å². The summed E-state index contributed by atoms with van der Waals surface area (Å²) in [6, 6.07) is 0. The maximum Gasteiger partial charge on any atom is 0.508 e. The maximum atomic E-state index is 14.0. The number of halogens is 6. The summed E-state index contributed by atoms with van der Waals surface area (Å²) < 4.78 is 93.1. The first kappa shape index (κ1) is 23.9. The quantitative estimate of drug-likeness (QED) is 0.435. The van der Waals surface area contributed by atoms with E-state index < -0.39 is 60.7 Å². The summed E-state index contributed by atoms with van der Waals surface area (Å²) in [5.41, 5.74) is -2.24. The Kier molecular flexibility index (Phi) is 5.94. The van der Waals surface area contributed by atoms with Crippen LogP contribution in [0.5, 0.6) is 0 Å². The second kappa shape index (κ2) is 7.70. The third-order valence-electron chi connectivity index (χ3n) is 6.20. The molecule has 6 nitrogen and oxygen atoms in total. The number of hydrogen-bond acceptors (Lipinski definition) is 6. The lowest BCUT2D eigenvalue weighted by Gasteiger charge is -2.58. The highest BCUT2D eigenvalue weighted by Crippen LogP contribution is 2.62. The molecule has 178 valence electrons. The summed E-state index contributed by atoms with van der Waals surface area (Å²) in [6.45, 7) is -5.19. The summed E-state index contributed by atoms with van der Waals surface area (Å²) in [5.74, 6) is -14.2. The van der Waals surface area contributed by atoms with Crippen LogP contribution in [-0.2, 0) is 19.0 Å². The molecular weight excluding hydrogens is 438 g/mol. The fraction of sp³-hybridized carbons (Fsp3) is 0.895. The molecule has 0 heterocycles. The number of carbonyl (C=O) groups excluding carboxylic acids is 2. The van der Waals surface area contributed by atoms with Crippen LogP contribution >= 0.6 is 0 Å². The van der Waals surface area contributed by atoms with Crippen LogP contribution < -0.4 is 0 Å². The second-order valence-electron chi connectivity index (χ2n) is 9.35. The molecule has 4 fully saturated rings. The SMILES string of the molecule is CC(F)(F)COC(=O)OCC(F)(F)C(F)(F)COC(=O)C12CC3CC(CC(O)(C3)C1)C2. The van der Waals surface area contributed by atoms with Gasteiger partial charge < -0.3 is 19.3 Å². The van der Waals surface area contributed by atoms with E-state index in [2.05, 4.69) is 14.2 Å². The van der Waals surface area contributed by atoms with Crippen molar-refractivity contribution in [3.63, 3.8) is 0 Å². The Morgan fingerprint density at radius 3 is 1.84 bits per heavy atom. The Bertz CT molecular complexity index is 707. The molecule has 4 aliphatic carbocycles. The van der Waals surface area contributed by atoms with Gasteiger partial charge in [-0.15, -0.1) is 0 Å². The van der Waals surface area contributed by atoms with Crippen LogP contribution in [0.15, 0.2) is 0 Å². The number of carbonyl (C=O) groups is 2. The van der Waals surface area contributed by atoms with Crippen molar-refractivity contribution in [2.24, 2.45) is 17.3 Å². The Hall–Kier alpha value is -1.72. The second-order valence-corrected chi connectivity index (χ2v) is 9.35. The molecule has 1 N–H and O–H groups in total. The van der Waals surface area contributed by atoms with E-state index in [1.54, 1.807) is 0 Å². The highest BCUT2D eigenvalue weighted by molar-refractivity contribution is 5.78. The summed E-state index contributed by atoms with van der Waals surface area (Å²) in [6.07, 6.45) is 0.644. The molecule has 0 aromatic rings. The highest BCUT2D eigenvalue weighted by Gasteiger charge is 2.62. The van der Waals surface area contributed by atoms with Crippen molar-refractivity contribution in [1.29, 1.82) is 0 Å². The van der Waals surface area contributed by atoms with Gasteiger partial charge in [0.2, 0.25) is 0 Å². The summed E-state index contributed by atoms with van der Waals surface area (Å²) in [7, 11) is 0. The molecule has 0 aromatic carbocycles.